The maximum atomic E-state index is 13.5. The van der Waals surface area contributed by atoms with Crippen molar-refractivity contribution >= 4 is 5.69 Å². The van der Waals surface area contributed by atoms with Crippen molar-refractivity contribution in [1.82, 2.24) is 5.32 Å². The number of para-hydroxylation sites is 1. The Morgan fingerprint density at radius 3 is 2.70 bits per heavy atom. The van der Waals surface area contributed by atoms with Crippen LogP contribution >= 0.6 is 0 Å². The zero-order chi connectivity index (χ0) is 15.3. The van der Waals surface area contributed by atoms with E-state index in [4.69, 9.17) is 4.74 Å². The van der Waals surface area contributed by atoms with Crippen molar-refractivity contribution in [3.63, 3.8) is 0 Å². The van der Waals surface area contributed by atoms with Crippen molar-refractivity contribution in [2.75, 3.05) is 13.2 Å². The summed E-state index contributed by atoms with van der Waals surface area (Å²) in [5.41, 5.74) is -0.633. The number of nitro groups is 1. The van der Waals surface area contributed by atoms with Crippen LogP contribution in [0.1, 0.15) is 20.8 Å². The Balaban J connectivity index is 2.64. The van der Waals surface area contributed by atoms with E-state index in [0.717, 1.165) is 12.1 Å². The molecule has 6 nitrogen and oxygen atoms in total. The minimum Gasteiger partial charge on any atom is -0.482 e. The summed E-state index contributed by atoms with van der Waals surface area (Å²) >= 11 is 0. The van der Waals surface area contributed by atoms with Crippen molar-refractivity contribution in [3.05, 3.63) is 34.1 Å². The van der Waals surface area contributed by atoms with Gasteiger partial charge < -0.3 is 15.2 Å². The minimum atomic E-state index is -0.895. The zero-order valence-corrected chi connectivity index (χ0v) is 11.7. The monoisotopic (exact) mass is 286 g/mol. The lowest BCUT2D eigenvalue weighted by atomic mass is 10.1. The lowest BCUT2D eigenvalue weighted by Crippen LogP contribution is -2.42. The second-order valence-electron chi connectivity index (χ2n) is 5.44. The summed E-state index contributed by atoms with van der Waals surface area (Å²) in [6.45, 7) is 5.81. The van der Waals surface area contributed by atoms with Gasteiger partial charge >= 0.3 is 5.69 Å². The number of nitro benzene ring substituents is 1. The van der Waals surface area contributed by atoms with Crippen molar-refractivity contribution in [1.29, 1.82) is 0 Å². The van der Waals surface area contributed by atoms with Gasteiger partial charge in [-0.2, -0.15) is 0 Å². The third-order valence-corrected chi connectivity index (χ3v) is 2.43. The normalized spacial score (nSPS) is 13.1. The van der Waals surface area contributed by atoms with Crippen LogP contribution in [-0.2, 0) is 0 Å². The maximum Gasteiger partial charge on any atom is 0.314 e. The second-order valence-corrected chi connectivity index (χ2v) is 5.44. The number of ether oxygens (including phenoxy) is 1. The topological polar surface area (TPSA) is 84.6 Å². The molecule has 0 aliphatic rings. The molecule has 0 heterocycles. The van der Waals surface area contributed by atoms with Crippen LogP contribution in [0.5, 0.6) is 5.75 Å². The van der Waals surface area contributed by atoms with E-state index >= 15 is 0 Å². The standard InChI is InChI=1S/C13H19FN2O4/c1-13(2,3)15-7-9(17)8-20-12-10(14)5-4-6-11(12)16(18)19/h4-6,9,15,17H,7-8H2,1-3H3. The smallest absolute Gasteiger partial charge is 0.314 e. The number of hydrogen-bond donors (Lipinski definition) is 2. The Labute approximate surface area is 116 Å². The molecule has 0 radical (unpaired) electrons. The molecule has 7 heteroatoms. The number of nitrogens with zero attached hydrogens (tertiary/aromatic N) is 1. The molecule has 0 amide bonds. The molecule has 0 saturated heterocycles. The largest absolute Gasteiger partial charge is 0.482 e. The Bertz CT molecular complexity index is 474. The second kappa shape index (κ2) is 6.62. The molecular weight excluding hydrogens is 267 g/mol. The Kier molecular flexibility index (Phi) is 5.41. The van der Waals surface area contributed by atoms with Crippen molar-refractivity contribution in [2.45, 2.75) is 32.4 Å². The quantitative estimate of drug-likeness (QED) is 0.616. The van der Waals surface area contributed by atoms with E-state index in [-0.39, 0.29) is 18.7 Å². The average Bonchev–Trinajstić information content (AvgIpc) is 2.33. The first kappa shape index (κ1) is 16.3. The number of aliphatic hydroxyl groups excluding tert-OH is 1. The fourth-order valence-corrected chi connectivity index (χ4v) is 1.45. The molecule has 0 spiro atoms. The predicted molar refractivity (Wildman–Crippen MR) is 72.3 cm³/mol. The van der Waals surface area contributed by atoms with Gasteiger partial charge in [-0.25, -0.2) is 4.39 Å². The summed E-state index contributed by atoms with van der Waals surface area (Å²) in [6.07, 6.45) is -0.895. The summed E-state index contributed by atoms with van der Waals surface area (Å²) in [4.78, 5) is 10.0. The summed E-state index contributed by atoms with van der Waals surface area (Å²) < 4.78 is 18.6. The van der Waals surface area contributed by atoms with Crippen LogP contribution in [0.3, 0.4) is 0 Å². The highest BCUT2D eigenvalue weighted by Crippen LogP contribution is 2.29. The van der Waals surface area contributed by atoms with E-state index in [1.165, 1.54) is 6.07 Å². The lowest BCUT2D eigenvalue weighted by molar-refractivity contribution is -0.386. The van der Waals surface area contributed by atoms with Crippen LogP contribution in [0, 0.1) is 15.9 Å². The number of halogens is 1. The highest BCUT2D eigenvalue weighted by atomic mass is 19.1. The third-order valence-electron chi connectivity index (χ3n) is 2.43. The van der Waals surface area contributed by atoms with Crippen molar-refractivity contribution < 1.29 is 19.2 Å². The molecular formula is C13H19FN2O4. The van der Waals surface area contributed by atoms with Gasteiger partial charge in [-0.1, -0.05) is 6.07 Å². The van der Waals surface area contributed by atoms with Gasteiger partial charge in [-0.3, -0.25) is 10.1 Å². The molecule has 20 heavy (non-hydrogen) atoms. The molecule has 1 unspecified atom stereocenters. The van der Waals surface area contributed by atoms with E-state index in [1.807, 2.05) is 20.8 Å². The van der Waals surface area contributed by atoms with E-state index in [1.54, 1.807) is 0 Å². The van der Waals surface area contributed by atoms with E-state index < -0.39 is 28.3 Å². The number of rotatable bonds is 6. The Morgan fingerprint density at radius 1 is 1.50 bits per heavy atom. The fourth-order valence-electron chi connectivity index (χ4n) is 1.45. The Morgan fingerprint density at radius 2 is 2.15 bits per heavy atom. The summed E-state index contributed by atoms with van der Waals surface area (Å²) in [6, 6.07) is 3.46. The summed E-state index contributed by atoms with van der Waals surface area (Å²) in [7, 11) is 0. The van der Waals surface area contributed by atoms with Crippen LogP contribution in [0.15, 0.2) is 18.2 Å². The number of hydrogen-bond acceptors (Lipinski definition) is 5. The molecule has 1 aromatic carbocycles. The first-order chi connectivity index (χ1) is 9.20. The highest BCUT2D eigenvalue weighted by molar-refractivity contribution is 5.46. The van der Waals surface area contributed by atoms with Gasteiger partial charge in [0.2, 0.25) is 5.75 Å². The van der Waals surface area contributed by atoms with E-state index in [9.17, 15) is 19.6 Å². The zero-order valence-electron chi connectivity index (χ0n) is 11.7. The van der Waals surface area contributed by atoms with Gasteiger partial charge in [0.25, 0.3) is 0 Å². The van der Waals surface area contributed by atoms with Crippen LogP contribution < -0.4 is 10.1 Å². The van der Waals surface area contributed by atoms with Crippen LogP contribution in [0.25, 0.3) is 0 Å². The molecule has 0 aliphatic heterocycles. The number of β-amino-alcohol motifs (C(OH)–C–C–N with tert-alkyl or cyclic N) is 1. The van der Waals surface area contributed by atoms with Gasteiger partial charge in [0.15, 0.2) is 5.82 Å². The van der Waals surface area contributed by atoms with Crippen LogP contribution in [0.2, 0.25) is 0 Å². The van der Waals surface area contributed by atoms with Gasteiger partial charge in [-0.05, 0) is 26.8 Å². The van der Waals surface area contributed by atoms with Gasteiger partial charge in [0.1, 0.15) is 12.7 Å². The maximum absolute atomic E-state index is 13.5. The molecule has 0 bridgehead atoms. The first-order valence-corrected chi connectivity index (χ1v) is 6.19. The number of nitrogens with one attached hydrogen (secondary N) is 1. The minimum absolute atomic E-state index is 0.176. The van der Waals surface area contributed by atoms with Gasteiger partial charge in [-0.15, -0.1) is 0 Å². The molecule has 0 aromatic heterocycles. The van der Waals surface area contributed by atoms with Crippen LogP contribution in [-0.4, -0.2) is 34.8 Å². The first-order valence-electron chi connectivity index (χ1n) is 6.19. The molecule has 1 rings (SSSR count). The highest BCUT2D eigenvalue weighted by Gasteiger charge is 2.21. The number of benzene rings is 1. The molecule has 1 aromatic rings. The fraction of sp³-hybridized carbons (Fsp3) is 0.538. The van der Waals surface area contributed by atoms with E-state index in [2.05, 4.69) is 5.32 Å². The van der Waals surface area contributed by atoms with Gasteiger partial charge in [0, 0.05) is 18.2 Å². The average molecular weight is 286 g/mol. The molecule has 0 aliphatic carbocycles. The Hall–Kier alpha value is -1.73. The SMILES string of the molecule is CC(C)(C)NCC(O)COc1c(F)cccc1[N+](=O)[O-]. The summed E-state index contributed by atoms with van der Waals surface area (Å²) in [5, 5.41) is 23.5. The number of aliphatic hydroxyl groups is 1. The van der Waals surface area contributed by atoms with E-state index in [0.29, 0.717) is 0 Å². The molecule has 1 atom stereocenters. The molecule has 0 saturated carbocycles. The summed E-state index contributed by atoms with van der Waals surface area (Å²) in [5.74, 6) is -1.28. The third kappa shape index (κ3) is 5.10. The molecule has 112 valence electrons. The lowest BCUT2D eigenvalue weighted by Gasteiger charge is -2.22. The molecule has 2 N–H and O–H groups in total. The molecule has 0 fully saturated rings. The van der Waals surface area contributed by atoms with Gasteiger partial charge in [0.05, 0.1) is 4.92 Å². The van der Waals surface area contributed by atoms with Crippen molar-refractivity contribution in [2.24, 2.45) is 0 Å². The van der Waals surface area contributed by atoms with Crippen molar-refractivity contribution in [3.8, 4) is 5.75 Å². The van der Waals surface area contributed by atoms with Crippen LogP contribution in [0.4, 0.5) is 10.1 Å². The predicted octanol–water partition coefficient (Wildman–Crippen LogP) is 1.86.